The van der Waals surface area contributed by atoms with Crippen LogP contribution in [0.15, 0.2) is 24.3 Å². The van der Waals surface area contributed by atoms with Crippen molar-refractivity contribution in [2.45, 2.75) is 6.92 Å². The molecule has 1 saturated heterocycles. The average Bonchev–Trinajstić information content (AvgIpc) is 2.40. The first-order valence-corrected chi connectivity index (χ1v) is 7.82. The number of nitrogens with two attached hydrogens (primary N) is 1. The van der Waals surface area contributed by atoms with E-state index < -0.39 is 10.2 Å². The average molecular weight is 284 g/mol. The van der Waals surface area contributed by atoms with Crippen LogP contribution in [-0.2, 0) is 10.2 Å². The molecule has 0 unspecified atom stereocenters. The minimum Gasteiger partial charge on any atom is -0.399 e. The molecule has 0 aromatic heterocycles. The Labute approximate surface area is 114 Å². The molecule has 1 aromatic rings. The maximum Gasteiger partial charge on any atom is 0.279 e. The summed E-state index contributed by atoms with van der Waals surface area (Å²) in [6.07, 6.45) is 0. The lowest BCUT2D eigenvalue weighted by atomic mass is 10.2. The molecular weight excluding hydrogens is 264 g/mol. The second-order valence-corrected chi connectivity index (χ2v) is 6.24. The molecule has 0 saturated carbocycles. The molecule has 0 atom stereocenters. The van der Waals surface area contributed by atoms with E-state index >= 15 is 0 Å². The molecule has 0 bridgehead atoms. The van der Waals surface area contributed by atoms with Crippen LogP contribution in [-0.4, -0.2) is 45.4 Å². The minimum absolute atomic E-state index is 0.417. The number of benzene rings is 1. The molecule has 106 valence electrons. The summed E-state index contributed by atoms with van der Waals surface area (Å²) < 4.78 is 27.7. The van der Waals surface area contributed by atoms with Crippen LogP contribution in [0.5, 0.6) is 0 Å². The van der Waals surface area contributed by atoms with Crippen molar-refractivity contribution >= 4 is 21.6 Å². The molecule has 1 heterocycles. The highest BCUT2D eigenvalue weighted by Gasteiger charge is 2.26. The summed E-state index contributed by atoms with van der Waals surface area (Å²) in [5.41, 5.74) is 7.47. The zero-order valence-corrected chi connectivity index (χ0v) is 11.9. The van der Waals surface area contributed by atoms with Gasteiger partial charge in [-0.2, -0.15) is 12.7 Å². The van der Waals surface area contributed by atoms with Crippen molar-refractivity contribution in [3.63, 3.8) is 0 Å². The van der Waals surface area contributed by atoms with E-state index in [1.165, 1.54) is 4.31 Å². The van der Waals surface area contributed by atoms with Gasteiger partial charge < -0.3 is 10.6 Å². The topological polar surface area (TPSA) is 78.7 Å². The summed E-state index contributed by atoms with van der Waals surface area (Å²) >= 11 is 0. The Bertz CT molecular complexity index is 507. The lowest BCUT2D eigenvalue weighted by Gasteiger charge is -2.35. The van der Waals surface area contributed by atoms with Crippen LogP contribution in [0.4, 0.5) is 11.4 Å². The van der Waals surface area contributed by atoms with Crippen molar-refractivity contribution in [3.8, 4) is 0 Å². The molecule has 19 heavy (non-hydrogen) atoms. The third kappa shape index (κ3) is 3.37. The Balaban J connectivity index is 1.98. The van der Waals surface area contributed by atoms with Gasteiger partial charge in [0.1, 0.15) is 0 Å². The Kier molecular flexibility index (Phi) is 4.28. The molecule has 0 aliphatic carbocycles. The molecule has 6 nitrogen and oxygen atoms in total. The summed E-state index contributed by atoms with van der Waals surface area (Å²) in [6.45, 7) is 4.57. The molecular formula is C12H20N4O2S. The van der Waals surface area contributed by atoms with Gasteiger partial charge in [-0.3, -0.25) is 0 Å². The van der Waals surface area contributed by atoms with Gasteiger partial charge in [-0.15, -0.1) is 0 Å². The van der Waals surface area contributed by atoms with Crippen LogP contribution in [0.1, 0.15) is 6.92 Å². The van der Waals surface area contributed by atoms with Crippen LogP contribution in [0.25, 0.3) is 0 Å². The molecule has 1 fully saturated rings. The van der Waals surface area contributed by atoms with E-state index in [4.69, 9.17) is 5.73 Å². The minimum atomic E-state index is -3.31. The van der Waals surface area contributed by atoms with Crippen molar-refractivity contribution in [2.75, 3.05) is 43.4 Å². The fourth-order valence-corrected chi connectivity index (χ4v) is 3.34. The fourth-order valence-electron chi connectivity index (χ4n) is 2.15. The Morgan fingerprint density at radius 1 is 1.16 bits per heavy atom. The molecule has 0 spiro atoms. The number of hydrogen-bond acceptors (Lipinski definition) is 4. The van der Waals surface area contributed by atoms with Crippen LogP contribution in [0.2, 0.25) is 0 Å². The highest BCUT2D eigenvalue weighted by molar-refractivity contribution is 7.87. The first-order chi connectivity index (χ1) is 9.03. The van der Waals surface area contributed by atoms with Crippen molar-refractivity contribution < 1.29 is 8.42 Å². The van der Waals surface area contributed by atoms with Crippen molar-refractivity contribution in [1.82, 2.24) is 9.03 Å². The summed E-state index contributed by atoms with van der Waals surface area (Å²) in [4.78, 5) is 2.16. The van der Waals surface area contributed by atoms with Gasteiger partial charge in [0.2, 0.25) is 0 Å². The zero-order chi connectivity index (χ0) is 13.9. The first-order valence-electron chi connectivity index (χ1n) is 6.38. The quantitative estimate of drug-likeness (QED) is 0.777. The maximum absolute atomic E-state index is 11.9. The largest absolute Gasteiger partial charge is 0.399 e. The molecule has 0 radical (unpaired) electrons. The van der Waals surface area contributed by atoms with Gasteiger partial charge in [0, 0.05) is 44.1 Å². The number of piperazine rings is 1. The van der Waals surface area contributed by atoms with Crippen LogP contribution >= 0.6 is 0 Å². The fraction of sp³-hybridized carbons (Fsp3) is 0.500. The summed E-state index contributed by atoms with van der Waals surface area (Å²) in [5, 5.41) is 0. The third-order valence-electron chi connectivity index (χ3n) is 3.16. The maximum atomic E-state index is 11.9. The number of anilines is 2. The van der Waals surface area contributed by atoms with E-state index in [0.29, 0.717) is 32.7 Å². The van der Waals surface area contributed by atoms with Gasteiger partial charge in [-0.1, -0.05) is 6.92 Å². The lowest BCUT2D eigenvalue weighted by molar-refractivity contribution is 0.379. The second-order valence-electron chi connectivity index (χ2n) is 4.48. The van der Waals surface area contributed by atoms with Gasteiger partial charge in [-0.25, -0.2) is 4.72 Å². The molecule has 1 aromatic carbocycles. The Morgan fingerprint density at radius 2 is 1.74 bits per heavy atom. The van der Waals surface area contributed by atoms with Crippen molar-refractivity contribution in [2.24, 2.45) is 0 Å². The molecule has 2 rings (SSSR count). The summed E-state index contributed by atoms with van der Waals surface area (Å²) in [7, 11) is -3.31. The van der Waals surface area contributed by atoms with Gasteiger partial charge in [0.15, 0.2) is 0 Å². The number of nitrogens with one attached hydrogen (secondary N) is 1. The van der Waals surface area contributed by atoms with E-state index in [0.717, 1.165) is 11.4 Å². The van der Waals surface area contributed by atoms with E-state index in [1.54, 1.807) is 6.92 Å². The smallest absolute Gasteiger partial charge is 0.279 e. The standard InChI is InChI=1S/C12H20N4O2S/c1-2-14-19(17,18)16-9-7-15(8-10-16)12-5-3-11(13)4-6-12/h3-6,14H,2,7-10,13H2,1H3. The number of rotatable bonds is 4. The van der Waals surface area contributed by atoms with Crippen molar-refractivity contribution in [1.29, 1.82) is 0 Å². The zero-order valence-electron chi connectivity index (χ0n) is 11.0. The van der Waals surface area contributed by atoms with Gasteiger partial charge in [0.25, 0.3) is 10.2 Å². The molecule has 1 aliphatic rings. The molecule has 3 N–H and O–H groups in total. The summed E-state index contributed by atoms with van der Waals surface area (Å²) in [6, 6.07) is 7.64. The van der Waals surface area contributed by atoms with Crippen LogP contribution in [0, 0.1) is 0 Å². The predicted octanol–water partition coefficient (Wildman–Crippen LogP) is 0.245. The van der Waals surface area contributed by atoms with E-state index in [-0.39, 0.29) is 0 Å². The van der Waals surface area contributed by atoms with Gasteiger partial charge >= 0.3 is 0 Å². The molecule has 1 aliphatic heterocycles. The first kappa shape index (κ1) is 14.1. The Morgan fingerprint density at radius 3 is 2.26 bits per heavy atom. The molecule has 0 amide bonds. The number of nitrogens with zero attached hydrogens (tertiary/aromatic N) is 2. The predicted molar refractivity (Wildman–Crippen MR) is 77.2 cm³/mol. The Hall–Kier alpha value is -1.31. The van der Waals surface area contributed by atoms with Crippen molar-refractivity contribution in [3.05, 3.63) is 24.3 Å². The van der Waals surface area contributed by atoms with E-state index in [9.17, 15) is 8.42 Å². The summed E-state index contributed by atoms with van der Waals surface area (Å²) in [5.74, 6) is 0. The normalized spacial score (nSPS) is 17.6. The highest BCUT2D eigenvalue weighted by Crippen LogP contribution is 2.18. The molecule has 7 heteroatoms. The third-order valence-corrected chi connectivity index (χ3v) is 4.86. The SMILES string of the molecule is CCNS(=O)(=O)N1CCN(c2ccc(N)cc2)CC1. The van der Waals surface area contributed by atoms with Crippen LogP contribution < -0.4 is 15.4 Å². The number of hydrogen-bond donors (Lipinski definition) is 2. The van der Waals surface area contributed by atoms with Gasteiger partial charge in [0.05, 0.1) is 0 Å². The van der Waals surface area contributed by atoms with Crippen LogP contribution in [0.3, 0.4) is 0 Å². The second kappa shape index (κ2) is 5.77. The van der Waals surface area contributed by atoms with Gasteiger partial charge in [-0.05, 0) is 24.3 Å². The van der Waals surface area contributed by atoms with E-state index in [2.05, 4.69) is 9.62 Å². The number of nitrogen functional groups attached to an aromatic ring is 1. The van der Waals surface area contributed by atoms with E-state index in [1.807, 2.05) is 24.3 Å². The monoisotopic (exact) mass is 284 g/mol. The highest BCUT2D eigenvalue weighted by atomic mass is 32.2. The lowest BCUT2D eigenvalue weighted by Crippen LogP contribution is -2.52.